The number of nitrogens with one attached hydrogen (secondary N) is 1. The number of ketones is 1. The number of benzene rings is 2. The molecule has 0 unspecified atom stereocenters. The highest BCUT2D eigenvalue weighted by Gasteiger charge is 2.21. The van der Waals surface area contributed by atoms with E-state index in [1.54, 1.807) is 25.1 Å². The summed E-state index contributed by atoms with van der Waals surface area (Å²) in [5.74, 6) is -0.832. The van der Waals surface area contributed by atoms with Crippen molar-refractivity contribution >= 4 is 34.3 Å². The van der Waals surface area contributed by atoms with Gasteiger partial charge in [-0.3, -0.25) is 9.59 Å². The highest BCUT2D eigenvalue weighted by molar-refractivity contribution is 6.03. The van der Waals surface area contributed by atoms with Crippen LogP contribution in [0.25, 0.3) is 11.0 Å². The normalized spacial score (nSPS) is 12.9. The van der Waals surface area contributed by atoms with Crippen molar-refractivity contribution in [1.82, 2.24) is 0 Å². The zero-order valence-corrected chi connectivity index (χ0v) is 14.4. The van der Waals surface area contributed by atoms with Crippen molar-refractivity contribution in [3.05, 3.63) is 59.4 Å². The summed E-state index contributed by atoms with van der Waals surface area (Å²) in [6.07, 6.45) is 0. The van der Waals surface area contributed by atoms with Crippen LogP contribution in [0, 0.1) is 6.92 Å². The minimum absolute atomic E-state index is 0.0608. The van der Waals surface area contributed by atoms with Crippen molar-refractivity contribution in [2.24, 2.45) is 0 Å². The summed E-state index contributed by atoms with van der Waals surface area (Å²) in [7, 11) is 0. The van der Waals surface area contributed by atoms with Crippen molar-refractivity contribution in [2.45, 2.75) is 6.92 Å². The zero-order chi connectivity index (χ0) is 19.0. The third kappa shape index (κ3) is 3.15. The first kappa shape index (κ1) is 16.8. The van der Waals surface area contributed by atoms with Gasteiger partial charge in [-0.15, -0.1) is 0 Å². The maximum Gasteiger partial charge on any atom is 0.375 e. The fraction of sp³-hybridized carbons (Fsp3) is 0.150. The lowest BCUT2D eigenvalue weighted by atomic mass is 10.1. The van der Waals surface area contributed by atoms with Gasteiger partial charge in [0.05, 0.1) is 5.69 Å². The standard InChI is InChI=1S/C20H15NO6/c1-11-13-4-2-3-5-16(13)27-19(11)20(24)26-9-15(22)12-6-7-17-14(8-12)21-18(23)10-25-17/h2-8H,9-10H2,1H3,(H,21,23). The third-order valence-corrected chi connectivity index (χ3v) is 4.30. The lowest BCUT2D eigenvalue weighted by Crippen LogP contribution is -2.25. The van der Waals surface area contributed by atoms with Gasteiger partial charge in [0.1, 0.15) is 11.3 Å². The van der Waals surface area contributed by atoms with Gasteiger partial charge in [-0.25, -0.2) is 4.79 Å². The molecule has 1 amide bonds. The van der Waals surface area contributed by atoms with E-state index in [-0.39, 0.29) is 18.3 Å². The number of rotatable bonds is 4. The third-order valence-electron chi connectivity index (χ3n) is 4.30. The van der Waals surface area contributed by atoms with E-state index in [4.69, 9.17) is 13.9 Å². The Morgan fingerprint density at radius 3 is 2.81 bits per heavy atom. The smallest absolute Gasteiger partial charge is 0.375 e. The molecule has 27 heavy (non-hydrogen) atoms. The van der Waals surface area contributed by atoms with E-state index in [2.05, 4.69) is 5.32 Å². The van der Waals surface area contributed by atoms with Crippen LogP contribution < -0.4 is 10.1 Å². The van der Waals surface area contributed by atoms with Gasteiger partial charge in [0.2, 0.25) is 5.76 Å². The SMILES string of the molecule is Cc1c(C(=O)OCC(=O)c2ccc3c(c2)NC(=O)CO3)oc2ccccc12. The molecule has 0 bridgehead atoms. The van der Waals surface area contributed by atoms with Crippen molar-refractivity contribution in [3.8, 4) is 5.75 Å². The van der Waals surface area contributed by atoms with Crippen LogP contribution in [0.2, 0.25) is 0 Å². The summed E-state index contributed by atoms with van der Waals surface area (Å²) in [5, 5.41) is 3.45. The molecule has 4 rings (SSSR count). The van der Waals surface area contributed by atoms with Gasteiger partial charge in [0, 0.05) is 16.5 Å². The Bertz CT molecular complexity index is 1080. The second kappa shape index (κ2) is 6.60. The first-order chi connectivity index (χ1) is 13.0. The van der Waals surface area contributed by atoms with Crippen molar-refractivity contribution in [3.63, 3.8) is 0 Å². The molecule has 0 radical (unpaired) electrons. The fourth-order valence-electron chi connectivity index (χ4n) is 2.91. The quantitative estimate of drug-likeness (QED) is 0.564. The summed E-state index contributed by atoms with van der Waals surface area (Å²) in [4.78, 5) is 36.0. The Kier molecular flexibility index (Phi) is 4.12. The molecule has 1 aliphatic heterocycles. The number of carbonyl (C=O) groups excluding carboxylic acids is 3. The number of anilines is 1. The van der Waals surface area contributed by atoms with Gasteiger partial charge in [0.25, 0.3) is 5.91 Å². The number of carbonyl (C=O) groups is 3. The lowest BCUT2D eigenvalue weighted by Gasteiger charge is -2.18. The van der Waals surface area contributed by atoms with Crippen LogP contribution in [-0.2, 0) is 9.53 Å². The predicted octanol–water partition coefficient (Wildman–Crippen LogP) is 3.11. The minimum atomic E-state index is -0.702. The molecule has 7 nitrogen and oxygen atoms in total. The molecule has 0 aliphatic carbocycles. The molecule has 0 saturated heterocycles. The second-order valence-corrected chi connectivity index (χ2v) is 6.10. The second-order valence-electron chi connectivity index (χ2n) is 6.10. The number of furan rings is 1. The number of para-hydroxylation sites is 1. The minimum Gasteiger partial charge on any atom is -0.482 e. The fourth-order valence-corrected chi connectivity index (χ4v) is 2.91. The summed E-state index contributed by atoms with van der Waals surface area (Å²) in [6.45, 7) is 1.26. The van der Waals surface area contributed by atoms with Crippen LogP contribution in [0.4, 0.5) is 5.69 Å². The maximum absolute atomic E-state index is 12.3. The first-order valence-electron chi connectivity index (χ1n) is 8.28. The predicted molar refractivity (Wildman–Crippen MR) is 96.1 cm³/mol. The van der Waals surface area contributed by atoms with Crippen molar-refractivity contribution in [2.75, 3.05) is 18.5 Å². The topological polar surface area (TPSA) is 94.8 Å². The lowest BCUT2D eigenvalue weighted by molar-refractivity contribution is -0.118. The first-order valence-corrected chi connectivity index (χ1v) is 8.28. The van der Waals surface area contributed by atoms with Crippen LogP contribution in [0.3, 0.4) is 0 Å². The van der Waals surface area contributed by atoms with E-state index >= 15 is 0 Å². The number of hydrogen-bond donors (Lipinski definition) is 1. The Labute approximate surface area is 153 Å². The Morgan fingerprint density at radius 1 is 1.19 bits per heavy atom. The number of ether oxygens (including phenoxy) is 2. The van der Waals surface area contributed by atoms with Gasteiger partial charge < -0.3 is 19.2 Å². The number of hydrogen-bond acceptors (Lipinski definition) is 6. The molecule has 1 aromatic heterocycles. The maximum atomic E-state index is 12.3. The van der Waals surface area contributed by atoms with E-state index in [0.717, 1.165) is 5.39 Å². The highest BCUT2D eigenvalue weighted by atomic mass is 16.5. The Hall–Kier alpha value is -3.61. The summed E-state index contributed by atoms with van der Waals surface area (Å²) < 4.78 is 15.9. The molecular weight excluding hydrogens is 350 g/mol. The molecular formula is C20H15NO6. The van der Waals surface area contributed by atoms with Crippen LogP contribution >= 0.6 is 0 Å². The van der Waals surface area contributed by atoms with Crippen molar-refractivity contribution < 1.29 is 28.3 Å². The molecule has 0 saturated carbocycles. The molecule has 7 heteroatoms. The Morgan fingerprint density at radius 2 is 2.00 bits per heavy atom. The molecule has 0 spiro atoms. The number of fused-ring (bicyclic) bond motifs is 2. The molecule has 136 valence electrons. The van der Waals surface area contributed by atoms with Crippen LogP contribution in [-0.4, -0.2) is 30.9 Å². The molecule has 0 fully saturated rings. The average Bonchev–Trinajstić information content (AvgIpc) is 3.02. The van der Waals surface area contributed by atoms with Crippen LogP contribution in [0.5, 0.6) is 5.75 Å². The monoisotopic (exact) mass is 365 g/mol. The van der Waals surface area contributed by atoms with Crippen LogP contribution in [0.15, 0.2) is 46.9 Å². The van der Waals surface area contributed by atoms with E-state index in [1.165, 1.54) is 6.07 Å². The van der Waals surface area contributed by atoms with E-state index < -0.39 is 18.4 Å². The number of esters is 1. The number of amides is 1. The molecule has 2 aromatic carbocycles. The van der Waals surface area contributed by atoms with Gasteiger partial charge in [-0.2, -0.15) is 0 Å². The van der Waals surface area contributed by atoms with Crippen LogP contribution in [0.1, 0.15) is 26.5 Å². The van der Waals surface area contributed by atoms with Gasteiger partial charge in [-0.1, -0.05) is 18.2 Å². The van der Waals surface area contributed by atoms with Gasteiger partial charge >= 0.3 is 5.97 Å². The molecule has 0 atom stereocenters. The summed E-state index contributed by atoms with van der Waals surface area (Å²) in [5.41, 5.74) is 1.96. The Balaban J connectivity index is 1.47. The van der Waals surface area contributed by atoms with Gasteiger partial charge in [-0.05, 0) is 31.2 Å². The molecule has 1 aliphatic rings. The van der Waals surface area contributed by atoms with E-state index in [0.29, 0.717) is 28.1 Å². The number of aryl methyl sites for hydroxylation is 1. The van der Waals surface area contributed by atoms with E-state index in [9.17, 15) is 14.4 Å². The largest absolute Gasteiger partial charge is 0.482 e. The molecule has 2 heterocycles. The average molecular weight is 365 g/mol. The highest BCUT2D eigenvalue weighted by Crippen LogP contribution is 2.29. The van der Waals surface area contributed by atoms with E-state index in [1.807, 2.05) is 18.2 Å². The molecule has 3 aromatic rings. The van der Waals surface area contributed by atoms with Crippen molar-refractivity contribution in [1.29, 1.82) is 0 Å². The summed E-state index contributed by atoms with van der Waals surface area (Å²) >= 11 is 0. The number of Topliss-reactive ketones (excluding diaryl/α,β-unsaturated/α-hetero) is 1. The van der Waals surface area contributed by atoms with Gasteiger partial charge in [0.15, 0.2) is 19.0 Å². The summed E-state index contributed by atoms with van der Waals surface area (Å²) in [6, 6.07) is 11.9. The zero-order valence-electron chi connectivity index (χ0n) is 14.4. The molecule has 1 N–H and O–H groups in total.